The molecule has 3 heterocycles. The fourth-order valence-corrected chi connectivity index (χ4v) is 4.30. The van der Waals surface area contributed by atoms with Crippen molar-refractivity contribution in [3.63, 3.8) is 0 Å². The third kappa shape index (κ3) is 6.45. The number of piperidine rings is 1. The molecule has 1 saturated heterocycles. The number of halogens is 3. The first kappa shape index (κ1) is 24.5. The van der Waals surface area contributed by atoms with Gasteiger partial charge in [-0.1, -0.05) is 18.2 Å². The lowest BCUT2D eigenvalue weighted by molar-refractivity contribution is -0.192. The number of hydrogen-bond donors (Lipinski definition) is 3. The van der Waals surface area contributed by atoms with Crippen molar-refractivity contribution in [1.82, 2.24) is 19.8 Å². The number of H-pyrrole nitrogens is 1. The van der Waals surface area contributed by atoms with E-state index in [1.54, 1.807) is 0 Å². The lowest BCUT2D eigenvalue weighted by Gasteiger charge is -2.32. The van der Waals surface area contributed by atoms with Crippen LogP contribution in [0.15, 0.2) is 46.6 Å². The van der Waals surface area contributed by atoms with E-state index in [9.17, 15) is 22.8 Å². The van der Waals surface area contributed by atoms with Crippen molar-refractivity contribution >= 4 is 34.2 Å². The maximum atomic E-state index is 12.3. The van der Waals surface area contributed by atoms with Gasteiger partial charge in [0.25, 0.3) is 5.91 Å². The van der Waals surface area contributed by atoms with Crippen molar-refractivity contribution in [2.24, 2.45) is 0 Å². The Morgan fingerprint density at radius 1 is 1.15 bits per heavy atom. The first-order valence-electron chi connectivity index (χ1n) is 10.2. The lowest BCUT2D eigenvalue weighted by Crippen LogP contribution is -2.41. The van der Waals surface area contributed by atoms with Gasteiger partial charge in [0.1, 0.15) is 0 Å². The first-order valence-corrected chi connectivity index (χ1v) is 11.1. The summed E-state index contributed by atoms with van der Waals surface area (Å²) in [6, 6.07) is 11.8. The maximum Gasteiger partial charge on any atom is 0.490 e. The maximum absolute atomic E-state index is 12.3. The highest BCUT2D eigenvalue weighted by Gasteiger charge is 2.38. The Bertz CT molecular complexity index is 1130. The summed E-state index contributed by atoms with van der Waals surface area (Å²) in [4.78, 5) is 39.2. The van der Waals surface area contributed by atoms with Crippen molar-refractivity contribution in [3.05, 3.63) is 57.1 Å². The molecule has 0 saturated carbocycles. The van der Waals surface area contributed by atoms with Crippen LogP contribution in [-0.2, 0) is 4.79 Å². The van der Waals surface area contributed by atoms with Gasteiger partial charge in [-0.25, -0.2) is 9.59 Å². The molecule has 2 aromatic heterocycles. The van der Waals surface area contributed by atoms with Crippen LogP contribution >= 0.6 is 11.3 Å². The number of aromatic amines is 1. The van der Waals surface area contributed by atoms with E-state index >= 15 is 0 Å². The number of aromatic nitrogens is 2. The zero-order valence-electron chi connectivity index (χ0n) is 17.5. The minimum absolute atomic E-state index is 0.000214. The van der Waals surface area contributed by atoms with Crippen LogP contribution in [0.25, 0.3) is 11.0 Å². The number of carbonyl (C=O) groups is 2. The van der Waals surface area contributed by atoms with Crippen molar-refractivity contribution in [2.75, 3.05) is 26.2 Å². The number of hydrogen-bond acceptors (Lipinski definition) is 5. The van der Waals surface area contributed by atoms with Crippen LogP contribution in [0.4, 0.5) is 13.2 Å². The molecule has 178 valence electrons. The number of nitrogens with zero attached hydrogens (tertiary/aromatic N) is 2. The fourth-order valence-electron chi connectivity index (χ4n) is 3.66. The van der Waals surface area contributed by atoms with Crippen LogP contribution in [0.1, 0.15) is 28.6 Å². The molecule has 12 heteroatoms. The molecule has 4 rings (SSSR count). The Kier molecular flexibility index (Phi) is 7.92. The van der Waals surface area contributed by atoms with Gasteiger partial charge in [-0.2, -0.15) is 13.2 Å². The standard InChI is InChI=1S/C19H22N4O2S.C2HF3O2/c24-18(17-6-3-13-26-17)20-9-12-22-10-7-14(8-11-22)23-16-5-2-1-4-15(16)21-19(23)25;3-2(4,5)1(6)7/h1-6,13-14H,7-12H2,(H,20,24)(H,21,25);(H,6,7). The zero-order valence-corrected chi connectivity index (χ0v) is 18.3. The number of benzene rings is 1. The second-order valence-electron chi connectivity index (χ2n) is 7.43. The summed E-state index contributed by atoms with van der Waals surface area (Å²) in [6.45, 7) is 3.36. The van der Waals surface area contributed by atoms with Gasteiger partial charge in [-0.05, 0) is 36.4 Å². The monoisotopic (exact) mass is 484 g/mol. The predicted molar refractivity (Wildman–Crippen MR) is 118 cm³/mol. The summed E-state index contributed by atoms with van der Waals surface area (Å²) in [7, 11) is 0. The average molecular weight is 485 g/mol. The molecule has 3 N–H and O–H groups in total. The molecular formula is C21H23F3N4O4S. The van der Waals surface area contributed by atoms with Gasteiger partial charge in [0.15, 0.2) is 0 Å². The van der Waals surface area contributed by atoms with Gasteiger partial charge in [-0.15, -0.1) is 11.3 Å². The Balaban J connectivity index is 0.000000383. The van der Waals surface area contributed by atoms with Crippen molar-refractivity contribution in [2.45, 2.75) is 25.1 Å². The van der Waals surface area contributed by atoms with Crippen LogP contribution in [-0.4, -0.2) is 63.8 Å². The molecular weight excluding hydrogens is 461 g/mol. The molecule has 1 aliphatic heterocycles. The third-order valence-electron chi connectivity index (χ3n) is 5.25. The second kappa shape index (κ2) is 10.7. The number of alkyl halides is 3. The number of fused-ring (bicyclic) bond motifs is 1. The number of thiophene rings is 1. The zero-order chi connectivity index (χ0) is 24.0. The van der Waals surface area contributed by atoms with Gasteiger partial charge < -0.3 is 20.3 Å². The number of nitrogens with one attached hydrogen (secondary N) is 2. The minimum Gasteiger partial charge on any atom is -0.475 e. The van der Waals surface area contributed by atoms with Crippen molar-refractivity contribution < 1.29 is 27.9 Å². The number of rotatable bonds is 5. The number of carboxylic acids is 1. The molecule has 0 bridgehead atoms. The molecule has 1 aromatic carbocycles. The number of para-hydroxylation sites is 2. The van der Waals surface area contributed by atoms with Crippen molar-refractivity contribution in [3.8, 4) is 0 Å². The lowest BCUT2D eigenvalue weighted by atomic mass is 10.0. The van der Waals surface area contributed by atoms with E-state index in [2.05, 4.69) is 15.2 Å². The molecule has 0 radical (unpaired) electrons. The molecule has 0 spiro atoms. The highest BCUT2D eigenvalue weighted by Crippen LogP contribution is 2.24. The highest BCUT2D eigenvalue weighted by atomic mass is 32.1. The van der Waals surface area contributed by atoms with Crippen LogP contribution < -0.4 is 11.0 Å². The van der Waals surface area contributed by atoms with Gasteiger partial charge in [-0.3, -0.25) is 9.36 Å². The molecule has 0 aliphatic carbocycles. The van der Waals surface area contributed by atoms with Crippen LogP contribution in [0.3, 0.4) is 0 Å². The van der Waals surface area contributed by atoms with Gasteiger partial charge in [0.05, 0.1) is 15.9 Å². The Labute approximate surface area is 190 Å². The second-order valence-corrected chi connectivity index (χ2v) is 8.37. The van der Waals surface area contributed by atoms with E-state index in [1.165, 1.54) is 11.3 Å². The van der Waals surface area contributed by atoms with Gasteiger partial charge in [0.2, 0.25) is 0 Å². The minimum atomic E-state index is -5.08. The highest BCUT2D eigenvalue weighted by molar-refractivity contribution is 7.12. The number of likely N-dealkylation sites (tertiary alicyclic amines) is 1. The molecule has 0 unspecified atom stereocenters. The number of carboxylic acid groups (broad SMARTS) is 1. The Morgan fingerprint density at radius 2 is 1.82 bits per heavy atom. The van der Waals surface area contributed by atoms with E-state index in [-0.39, 0.29) is 17.6 Å². The number of aliphatic carboxylic acids is 1. The summed E-state index contributed by atoms with van der Waals surface area (Å²) in [5, 5.41) is 12.0. The number of imidazole rings is 1. The van der Waals surface area contributed by atoms with Gasteiger partial charge >= 0.3 is 17.8 Å². The Hall–Kier alpha value is -3.12. The van der Waals surface area contributed by atoms with Crippen LogP contribution in [0.2, 0.25) is 0 Å². The molecule has 1 fully saturated rings. The van der Waals surface area contributed by atoms with Crippen LogP contribution in [0, 0.1) is 0 Å². The summed E-state index contributed by atoms with van der Waals surface area (Å²) in [5.74, 6) is -2.76. The smallest absolute Gasteiger partial charge is 0.475 e. The Morgan fingerprint density at radius 3 is 2.42 bits per heavy atom. The van der Waals surface area contributed by atoms with E-state index in [4.69, 9.17) is 9.90 Å². The summed E-state index contributed by atoms with van der Waals surface area (Å²) in [6.07, 6.45) is -3.19. The van der Waals surface area contributed by atoms with E-state index < -0.39 is 12.1 Å². The summed E-state index contributed by atoms with van der Waals surface area (Å²) in [5.41, 5.74) is 1.86. The molecule has 0 atom stereocenters. The fraction of sp³-hybridized carbons (Fsp3) is 0.381. The number of amides is 1. The van der Waals surface area contributed by atoms with Crippen molar-refractivity contribution in [1.29, 1.82) is 0 Å². The average Bonchev–Trinajstić information content (AvgIpc) is 3.41. The topological polar surface area (TPSA) is 107 Å². The molecule has 3 aromatic rings. The van der Waals surface area contributed by atoms with Crippen LogP contribution in [0.5, 0.6) is 0 Å². The van der Waals surface area contributed by atoms with E-state index in [0.717, 1.165) is 48.4 Å². The summed E-state index contributed by atoms with van der Waals surface area (Å²) >= 11 is 1.46. The summed E-state index contributed by atoms with van der Waals surface area (Å²) < 4.78 is 33.6. The third-order valence-corrected chi connectivity index (χ3v) is 6.12. The quantitative estimate of drug-likeness (QED) is 0.516. The SMILES string of the molecule is O=C(NCCN1CCC(n2c(=O)[nH]c3ccccc32)CC1)c1cccs1.O=C(O)C(F)(F)F. The van der Waals surface area contributed by atoms with E-state index in [0.29, 0.717) is 6.54 Å². The number of carbonyl (C=O) groups excluding carboxylic acids is 1. The molecule has 33 heavy (non-hydrogen) atoms. The molecule has 1 aliphatic rings. The first-order chi connectivity index (χ1) is 15.7. The predicted octanol–water partition coefficient (Wildman–Crippen LogP) is 3.09. The van der Waals surface area contributed by atoms with Gasteiger partial charge in [0, 0.05) is 32.2 Å². The molecule has 8 nitrogen and oxygen atoms in total. The largest absolute Gasteiger partial charge is 0.490 e. The normalized spacial score (nSPS) is 15.1. The molecule has 1 amide bonds. The van der Waals surface area contributed by atoms with E-state index in [1.807, 2.05) is 46.3 Å².